The molecule has 168 valence electrons. The third-order valence-electron chi connectivity index (χ3n) is 4.63. The molecule has 0 fully saturated rings. The van der Waals surface area contributed by atoms with Crippen LogP contribution in [0, 0.1) is 11.3 Å². The van der Waals surface area contributed by atoms with Crippen LogP contribution in [0.4, 0.5) is 0 Å². The zero-order valence-electron chi connectivity index (χ0n) is 18.5. The summed E-state index contributed by atoms with van der Waals surface area (Å²) in [7, 11) is 4.61. The Bertz CT molecular complexity index is 1200. The monoisotopic (exact) mass is 445 g/mol. The lowest BCUT2D eigenvalue weighted by molar-refractivity contribution is -0.136. The Morgan fingerprint density at radius 3 is 2.24 bits per heavy atom. The van der Waals surface area contributed by atoms with Crippen molar-refractivity contribution in [3.8, 4) is 34.8 Å². The number of para-hydroxylation sites is 2. The van der Waals surface area contributed by atoms with Gasteiger partial charge in [0.2, 0.25) is 0 Å². The number of carbonyl (C=O) groups excluding carboxylic acids is 1. The smallest absolute Gasteiger partial charge is 0.349 e. The minimum atomic E-state index is -0.567. The van der Waals surface area contributed by atoms with Crippen LogP contribution in [0.25, 0.3) is 11.6 Å². The van der Waals surface area contributed by atoms with Crippen molar-refractivity contribution in [2.24, 2.45) is 0 Å². The molecule has 0 saturated carbocycles. The van der Waals surface area contributed by atoms with Crippen molar-refractivity contribution in [3.63, 3.8) is 0 Å². The first-order valence-corrected chi connectivity index (χ1v) is 9.98. The molecule has 0 bridgehead atoms. The van der Waals surface area contributed by atoms with Gasteiger partial charge in [0, 0.05) is 0 Å². The summed E-state index contributed by atoms with van der Waals surface area (Å²) in [5, 5.41) is 9.66. The van der Waals surface area contributed by atoms with Crippen LogP contribution in [-0.2, 0) is 4.79 Å². The normalized spacial score (nSPS) is 10.7. The summed E-state index contributed by atoms with van der Waals surface area (Å²) in [6.45, 7) is -0.282. The predicted octanol–water partition coefficient (Wildman–Crippen LogP) is 4.76. The van der Waals surface area contributed by atoms with E-state index in [-0.39, 0.29) is 6.61 Å². The SMILES string of the molecule is COc1ccc(/C(C#N)=C\c2cccc(OC(=O)COc3ccccc3OC)c2)cc1OC. The summed E-state index contributed by atoms with van der Waals surface area (Å²) in [6, 6.07) is 21.3. The highest BCUT2D eigenvalue weighted by atomic mass is 16.6. The number of allylic oxidation sites excluding steroid dienone is 1. The van der Waals surface area contributed by atoms with Gasteiger partial charge >= 0.3 is 5.97 Å². The number of hydrogen-bond acceptors (Lipinski definition) is 7. The van der Waals surface area contributed by atoms with Gasteiger partial charge in [0.15, 0.2) is 29.6 Å². The van der Waals surface area contributed by atoms with E-state index < -0.39 is 5.97 Å². The molecule has 0 spiro atoms. The first-order valence-electron chi connectivity index (χ1n) is 9.98. The maximum Gasteiger partial charge on any atom is 0.349 e. The molecule has 7 heteroatoms. The summed E-state index contributed by atoms with van der Waals surface area (Å²) in [5.74, 6) is 1.83. The van der Waals surface area contributed by atoms with E-state index >= 15 is 0 Å². The van der Waals surface area contributed by atoms with E-state index in [1.807, 2.05) is 0 Å². The molecule has 7 nitrogen and oxygen atoms in total. The van der Waals surface area contributed by atoms with Crippen LogP contribution in [0.1, 0.15) is 11.1 Å². The lowest BCUT2D eigenvalue weighted by Crippen LogP contribution is -2.17. The Balaban J connectivity index is 1.72. The van der Waals surface area contributed by atoms with Crippen LogP contribution in [0.5, 0.6) is 28.7 Å². The Morgan fingerprint density at radius 1 is 0.848 bits per heavy atom. The maximum atomic E-state index is 12.2. The van der Waals surface area contributed by atoms with Crippen molar-refractivity contribution in [3.05, 3.63) is 77.9 Å². The molecule has 0 unspecified atom stereocenters. The number of rotatable bonds is 9. The van der Waals surface area contributed by atoms with Gasteiger partial charge in [-0.05, 0) is 59.7 Å². The number of nitrogens with zero attached hydrogens (tertiary/aromatic N) is 1. The van der Waals surface area contributed by atoms with Crippen molar-refractivity contribution in [1.82, 2.24) is 0 Å². The highest BCUT2D eigenvalue weighted by Crippen LogP contribution is 2.31. The quantitative estimate of drug-likeness (QED) is 0.203. The second-order valence-electron chi connectivity index (χ2n) is 6.73. The van der Waals surface area contributed by atoms with Gasteiger partial charge in [-0.25, -0.2) is 4.79 Å². The number of ether oxygens (including phenoxy) is 5. The minimum Gasteiger partial charge on any atom is -0.493 e. The molecular formula is C26H23NO6. The summed E-state index contributed by atoms with van der Waals surface area (Å²) >= 11 is 0. The lowest BCUT2D eigenvalue weighted by atomic mass is 10.0. The zero-order chi connectivity index (χ0) is 23.6. The molecule has 0 N–H and O–H groups in total. The Labute approximate surface area is 192 Å². The highest BCUT2D eigenvalue weighted by Gasteiger charge is 2.11. The van der Waals surface area contributed by atoms with Gasteiger partial charge in [0.1, 0.15) is 5.75 Å². The summed E-state index contributed by atoms with van der Waals surface area (Å²) in [6.07, 6.45) is 1.70. The molecule has 3 aromatic rings. The molecule has 0 saturated heterocycles. The molecule has 0 aliphatic rings. The van der Waals surface area contributed by atoms with E-state index in [1.54, 1.807) is 79.9 Å². The van der Waals surface area contributed by atoms with Gasteiger partial charge in [-0.15, -0.1) is 0 Å². The number of hydrogen-bond donors (Lipinski definition) is 0. The molecule has 0 atom stereocenters. The van der Waals surface area contributed by atoms with Crippen LogP contribution in [-0.4, -0.2) is 33.9 Å². The van der Waals surface area contributed by atoms with Gasteiger partial charge in [-0.1, -0.05) is 24.3 Å². The second-order valence-corrected chi connectivity index (χ2v) is 6.73. The summed E-state index contributed by atoms with van der Waals surface area (Å²) in [5.41, 5.74) is 1.78. The first kappa shape index (κ1) is 23.2. The number of benzene rings is 3. The average Bonchev–Trinajstić information content (AvgIpc) is 2.86. The molecule has 0 aliphatic heterocycles. The van der Waals surface area contributed by atoms with Crippen molar-refractivity contribution in [1.29, 1.82) is 5.26 Å². The van der Waals surface area contributed by atoms with Crippen LogP contribution < -0.4 is 23.7 Å². The number of carbonyl (C=O) groups is 1. The summed E-state index contributed by atoms with van der Waals surface area (Å²) < 4.78 is 26.6. The number of methoxy groups -OCH3 is 3. The molecule has 3 aromatic carbocycles. The van der Waals surface area contributed by atoms with Crippen LogP contribution in [0.3, 0.4) is 0 Å². The fourth-order valence-electron chi connectivity index (χ4n) is 3.05. The van der Waals surface area contributed by atoms with Gasteiger partial charge in [-0.2, -0.15) is 5.26 Å². The molecule has 0 radical (unpaired) electrons. The second kappa shape index (κ2) is 11.3. The number of nitriles is 1. The Hall–Kier alpha value is -4.44. The van der Waals surface area contributed by atoms with Gasteiger partial charge in [0.05, 0.1) is 33.0 Å². The predicted molar refractivity (Wildman–Crippen MR) is 124 cm³/mol. The van der Waals surface area contributed by atoms with E-state index in [9.17, 15) is 10.1 Å². The third-order valence-corrected chi connectivity index (χ3v) is 4.63. The van der Waals surface area contributed by atoms with Gasteiger partial charge in [0.25, 0.3) is 0 Å². The van der Waals surface area contributed by atoms with E-state index in [4.69, 9.17) is 23.7 Å². The topological polar surface area (TPSA) is 87.0 Å². The van der Waals surface area contributed by atoms with E-state index in [2.05, 4.69) is 6.07 Å². The van der Waals surface area contributed by atoms with Crippen LogP contribution in [0.15, 0.2) is 66.7 Å². The van der Waals surface area contributed by atoms with E-state index in [0.717, 1.165) is 0 Å². The maximum absolute atomic E-state index is 12.2. The Kier molecular flexibility index (Phi) is 7.92. The fraction of sp³-hybridized carbons (Fsp3) is 0.154. The average molecular weight is 445 g/mol. The van der Waals surface area contributed by atoms with Crippen molar-refractivity contribution in [2.75, 3.05) is 27.9 Å². The van der Waals surface area contributed by atoms with Crippen LogP contribution >= 0.6 is 0 Å². The van der Waals surface area contributed by atoms with Gasteiger partial charge in [-0.3, -0.25) is 0 Å². The molecule has 3 rings (SSSR count). The lowest BCUT2D eigenvalue weighted by Gasteiger charge is -2.10. The highest BCUT2D eigenvalue weighted by molar-refractivity contribution is 5.90. The molecule has 0 amide bonds. The third kappa shape index (κ3) is 6.05. The first-order chi connectivity index (χ1) is 16.1. The summed E-state index contributed by atoms with van der Waals surface area (Å²) in [4.78, 5) is 12.2. The van der Waals surface area contributed by atoms with Crippen molar-refractivity contribution >= 4 is 17.6 Å². The molecular weight excluding hydrogens is 422 g/mol. The van der Waals surface area contributed by atoms with E-state index in [0.29, 0.717) is 45.4 Å². The zero-order valence-corrected chi connectivity index (χ0v) is 18.5. The standard InChI is InChI=1S/C26H23NO6/c1-29-22-9-4-5-10-24(22)32-17-26(28)33-21-8-6-7-18(14-21)13-20(16-27)19-11-12-23(30-2)25(15-19)31-3/h4-15H,17H2,1-3H3/b20-13-. The number of esters is 1. The minimum absolute atomic E-state index is 0.282. The van der Waals surface area contributed by atoms with Crippen molar-refractivity contribution in [2.45, 2.75) is 0 Å². The van der Waals surface area contributed by atoms with E-state index in [1.165, 1.54) is 14.2 Å². The van der Waals surface area contributed by atoms with Gasteiger partial charge < -0.3 is 23.7 Å². The van der Waals surface area contributed by atoms with Crippen LogP contribution in [0.2, 0.25) is 0 Å². The molecule has 0 aromatic heterocycles. The van der Waals surface area contributed by atoms with Crippen molar-refractivity contribution < 1.29 is 28.5 Å². The largest absolute Gasteiger partial charge is 0.493 e. The fourth-order valence-corrected chi connectivity index (χ4v) is 3.05. The Morgan fingerprint density at radius 2 is 1.55 bits per heavy atom. The molecule has 0 heterocycles. The molecule has 33 heavy (non-hydrogen) atoms. The molecule has 0 aliphatic carbocycles.